The Bertz CT molecular complexity index is 3800. The van der Waals surface area contributed by atoms with Crippen molar-refractivity contribution < 1.29 is 39.9 Å². The molecule has 0 saturated carbocycles. The second-order valence-corrected chi connectivity index (χ2v) is 27.5. The molecular weight excluding hydrogens is 1030 g/mol. The molecule has 0 N–H and O–H groups in total. The van der Waals surface area contributed by atoms with Crippen molar-refractivity contribution in [2.75, 3.05) is 0 Å². The first-order valence-corrected chi connectivity index (χ1v) is 28.3. The zero-order chi connectivity index (χ0) is 50.2. The van der Waals surface area contributed by atoms with Gasteiger partial charge in [-0.1, -0.05) is 71.6 Å². The van der Waals surface area contributed by atoms with Crippen molar-refractivity contribution in [1.82, 2.24) is 19.5 Å². The molecule has 0 amide bonds. The quantitative estimate of drug-likeness (QED) is 0.117. The van der Waals surface area contributed by atoms with Crippen LogP contribution in [0.3, 0.4) is 0 Å². The average molecular weight is 1080 g/mol. The molecule has 319 valence electrons. The molecule has 1 radical (unpaired) electrons. The van der Waals surface area contributed by atoms with E-state index in [1.165, 1.54) is 12.1 Å². The first-order chi connectivity index (χ1) is 33.7. The van der Waals surface area contributed by atoms with E-state index in [4.69, 9.17) is 24.8 Å². The van der Waals surface area contributed by atoms with Gasteiger partial charge >= 0.3 is 139 Å². The number of aromatic nitrogens is 4. The van der Waals surface area contributed by atoms with E-state index in [0.717, 1.165) is 65.0 Å². The van der Waals surface area contributed by atoms with E-state index in [9.17, 15) is 0 Å². The maximum atomic E-state index is 8.60. The van der Waals surface area contributed by atoms with Gasteiger partial charge in [0.05, 0.1) is 33.5 Å². The first-order valence-electron chi connectivity index (χ1n) is 25.0. The Hall–Kier alpha value is -6.12. The minimum absolute atomic E-state index is 0. The summed E-state index contributed by atoms with van der Waals surface area (Å²) in [7, 11) is 0. The van der Waals surface area contributed by atoms with Crippen LogP contribution in [0.25, 0.3) is 94.5 Å². The molecule has 0 aliphatic rings. The zero-order valence-corrected chi connectivity index (χ0v) is 40.4. The molecule has 11 rings (SSSR count). The Morgan fingerprint density at radius 2 is 1.58 bits per heavy atom. The molecule has 11 aromatic rings. The molecule has 6 nitrogen and oxygen atoms in total. The number of imidazole rings is 1. The third-order valence-electron chi connectivity index (χ3n) is 11.2. The van der Waals surface area contributed by atoms with Crippen molar-refractivity contribution in [2.24, 2.45) is 5.92 Å². The summed E-state index contributed by atoms with van der Waals surface area (Å²) in [5.74, 6) is 7.16. The Kier molecular flexibility index (Phi) is 9.36. The number of pyridine rings is 2. The standard InChI is InChI=1S/C37H22N3O2.C19H26GeN.Ir/c1-22-18-19-26-25-13-9-14-28(34(25)42-37(26)38-22)36-39-29-15-6-7-16-30(29)40(36)31-21-20-24(23-10-3-2-4-11-23)35-33(31)27-12-5-8-17-32(27)41-35;1-14(2)11-17-12-19(16-9-7-15(3)8-10-16)21-13-18(17)20(4,5)6;/h2-13,15-21H,1H3;7-9,12-14H,11H2,1-6H3;/q2*-1;/i1D3;3D3,11D2;. The van der Waals surface area contributed by atoms with Crippen LogP contribution in [0.1, 0.15) is 41.6 Å². The van der Waals surface area contributed by atoms with Gasteiger partial charge < -0.3 is 13.4 Å². The SMILES string of the molecule is [2H]C([2H])([2H])c1c[c-]c(-c2cc(C([2H])([2H])C(C)C)[c]([Ge]([CH3])([CH3])[CH3])cn2)cc1.[2H]C([2H])([2H])c1ccc2c(n1)oc1c(-c3nc4ccccc4n3-c3ccc(-c4ccccc4)c4oc5ccccc5c34)[c-]ccc12.[Ir]. The van der Waals surface area contributed by atoms with Gasteiger partial charge in [-0.25, -0.2) is 4.98 Å². The van der Waals surface area contributed by atoms with Gasteiger partial charge in [-0.15, -0.1) is 18.2 Å². The Morgan fingerprint density at radius 3 is 2.36 bits per heavy atom. The van der Waals surface area contributed by atoms with Crippen LogP contribution in [0.5, 0.6) is 0 Å². The summed E-state index contributed by atoms with van der Waals surface area (Å²) in [6.45, 7) is -0.735. The monoisotopic (exact) mass is 1080 g/mol. The number of benzene rings is 6. The molecule has 0 aliphatic carbocycles. The average Bonchev–Trinajstić information content (AvgIpc) is 4.05. The van der Waals surface area contributed by atoms with Crippen LogP contribution in [-0.4, -0.2) is 32.8 Å². The predicted molar refractivity (Wildman–Crippen MR) is 263 cm³/mol. The number of para-hydroxylation sites is 3. The summed E-state index contributed by atoms with van der Waals surface area (Å²) in [5.41, 5.74) is 9.94. The van der Waals surface area contributed by atoms with E-state index in [0.29, 0.717) is 33.8 Å². The van der Waals surface area contributed by atoms with E-state index in [2.05, 4.69) is 74.3 Å². The number of rotatable bonds is 7. The topological polar surface area (TPSA) is 69.9 Å². The van der Waals surface area contributed by atoms with Gasteiger partial charge in [0.15, 0.2) is 0 Å². The van der Waals surface area contributed by atoms with Gasteiger partial charge in [-0.2, -0.15) is 0 Å². The number of hydrogen-bond donors (Lipinski definition) is 0. The van der Waals surface area contributed by atoms with E-state index >= 15 is 0 Å². The largest absolute Gasteiger partial charge is 0.486 e. The molecule has 0 bridgehead atoms. The van der Waals surface area contributed by atoms with Gasteiger partial charge in [-0.3, -0.25) is 4.98 Å². The molecule has 64 heavy (non-hydrogen) atoms. The van der Waals surface area contributed by atoms with Crippen molar-refractivity contribution in [2.45, 2.75) is 51.2 Å². The summed E-state index contributed by atoms with van der Waals surface area (Å²) in [6, 6.07) is 50.5. The molecule has 0 atom stereocenters. The van der Waals surface area contributed by atoms with Gasteiger partial charge in [0.2, 0.25) is 5.71 Å². The van der Waals surface area contributed by atoms with Crippen LogP contribution >= 0.6 is 0 Å². The van der Waals surface area contributed by atoms with E-state index < -0.39 is 33.3 Å². The van der Waals surface area contributed by atoms with Crippen molar-refractivity contribution >= 4 is 72.7 Å². The number of hydrogen-bond acceptors (Lipinski definition) is 5. The number of aryl methyl sites for hydroxylation is 2. The third-order valence-corrected chi connectivity index (χ3v) is 15.4. The van der Waals surface area contributed by atoms with E-state index in [1.54, 1.807) is 18.2 Å². The number of furan rings is 2. The fourth-order valence-electron chi connectivity index (χ4n) is 8.28. The van der Waals surface area contributed by atoms with Crippen molar-refractivity contribution in [3.05, 3.63) is 175 Å². The smallest absolute Gasteiger partial charge is 0.216 e. The maximum Gasteiger partial charge on any atom is 0.216 e. The minimum atomic E-state index is -2.35. The Labute approximate surface area is 401 Å². The van der Waals surface area contributed by atoms with Crippen LogP contribution < -0.4 is 4.40 Å². The second-order valence-electron chi connectivity index (χ2n) is 17.0. The van der Waals surface area contributed by atoms with Crippen molar-refractivity contribution in [3.8, 4) is 39.5 Å². The molecule has 0 fully saturated rings. The minimum Gasteiger partial charge on any atom is -0.486 e. The molecule has 5 aromatic heterocycles. The van der Waals surface area contributed by atoms with Gasteiger partial charge in [0.25, 0.3) is 0 Å². The molecule has 0 spiro atoms. The third kappa shape index (κ3) is 8.02. The molecule has 5 heterocycles. The Morgan fingerprint density at radius 1 is 0.766 bits per heavy atom. The normalized spacial score (nSPS) is 14.2. The fraction of sp³-hybridized carbons (Fsp3) is 0.161. The van der Waals surface area contributed by atoms with Crippen molar-refractivity contribution in [3.63, 3.8) is 0 Å². The van der Waals surface area contributed by atoms with E-state index in [1.807, 2.05) is 98.9 Å². The maximum absolute atomic E-state index is 8.60. The van der Waals surface area contributed by atoms with Gasteiger partial charge in [0.1, 0.15) is 11.2 Å². The summed E-state index contributed by atoms with van der Waals surface area (Å²) in [5, 5.41) is 3.50. The number of nitrogens with zero attached hydrogens (tertiary/aromatic N) is 4. The van der Waals surface area contributed by atoms with Crippen molar-refractivity contribution in [1.29, 1.82) is 0 Å². The molecule has 8 heteroatoms. The van der Waals surface area contributed by atoms with Crippen LogP contribution in [0.15, 0.2) is 155 Å². The van der Waals surface area contributed by atoms with E-state index in [-0.39, 0.29) is 43.0 Å². The molecule has 6 aromatic carbocycles. The van der Waals surface area contributed by atoms with Crippen LogP contribution in [0, 0.1) is 31.8 Å². The van der Waals surface area contributed by atoms with Crippen LogP contribution in [0.4, 0.5) is 0 Å². The summed E-state index contributed by atoms with van der Waals surface area (Å²) < 4.78 is 79.2. The predicted octanol–water partition coefficient (Wildman–Crippen LogP) is 14.3. The number of fused-ring (bicyclic) bond motifs is 7. The van der Waals surface area contributed by atoms with Gasteiger partial charge in [-0.05, 0) is 54.9 Å². The fourth-order valence-corrected chi connectivity index (χ4v) is 11.2. The molecular formula is C56H48GeIrN4O2-2. The molecule has 0 aliphatic heterocycles. The second kappa shape index (κ2) is 17.5. The molecule has 0 unspecified atom stereocenters. The van der Waals surface area contributed by atoms with Crippen LogP contribution in [0.2, 0.25) is 17.3 Å². The molecule has 0 saturated heterocycles. The summed E-state index contributed by atoms with van der Waals surface area (Å²) in [6.07, 6.45) is 0.362. The Balaban J connectivity index is 0.000000204. The zero-order valence-electron chi connectivity index (χ0n) is 43.9. The summed E-state index contributed by atoms with van der Waals surface area (Å²) in [4.78, 5) is 14.0. The summed E-state index contributed by atoms with van der Waals surface area (Å²) >= 11 is -2.32. The van der Waals surface area contributed by atoms with Gasteiger partial charge in [0, 0.05) is 46.2 Å². The van der Waals surface area contributed by atoms with Crippen LogP contribution in [-0.2, 0) is 26.5 Å². The first kappa shape index (κ1) is 34.3.